The van der Waals surface area contributed by atoms with Crippen molar-refractivity contribution in [2.24, 2.45) is 0 Å². The van der Waals surface area contributed by atoms with Crippen molar-refractivity contribution in [3.63, 3.8) is 0 Å². The van der Waals surface area contributed by atoms with Gasteiger partial charge in [-0.1, -0.05) is 30.3 Å². The summed E-state index contributed by atoms with van der Waals surface area (Å²) in [6.45, 7) is 2.27. The van der Waals surface area contributed by atoms with Crippen LogP contribution in [0.4, 0.5) is 0 Å². The van der Waals surface area contributed by atoms with Crippen LogP contribution in [0.25, 0.3) is 0 Å². The highest BCUT2D eigenvalue weighted by molar-refractivity contribution is 6.34. The fraction of sp³-hybridized carbons (Fsp3) is 0.400. The van der Waals surface area contributed by atoms with Gasteiger partial charge < -0.3 is 10.3 Å². The third-order valence-electron chi connectivity index (χ3n) is 2.21. The lowest BCUT2D eigenvalue weighted by Crippen LogP contribution is -2.30. The minimum absolute atomic E-state index is 0.517. The fourth-order valence-electron chi connectivity index (χ4n) is 1.50. The number of benzene rings is 1. The second-order valence-electron chi connectivity index (χ2n) is 3.22. The van der Waals surface area contributed by atoms with Crippen molar-refractivity contribution in [1.29, 1.82) is 0 Å². The predicted molar refractivity (Wildman–Crippen MR) is 55.6 cm³/mol. The molecule has 0 amide bonds. The second-order valence-corrected chi connectivity index (χ2v) is 4.44. The standard InChI is InChI=1S/C10H14N2Si/c1-2-5-9(6-3-1)10-11-7-4-8-12-13-10/h1-3,5-6,10-12H,4,7-8H2/t10-/m0/s1. The van der Waals surface area contributed by atoms with Gasteiger partial charge in [-0.05, 0) is 25.1 Å². The molecule has 1 aromatic carbocycles. The van der Waals surface area contributed by atoms with Gasteiger partial charge in [0.1, 0.15) is 0 Å². The molecule has 1 saturated heterocycles. The van der Waals surface area contributed by atoms with Crippen LogP contribution in [-0.4, -0.2) is 22.8 Å². The van der Waals surface area contributed by atoms with Gasteiger partial charge in [0, 0.05) is 5.67 Å². The number of rotatable bonds is 1. The van der Waals surface area contributed by atoms with Crippen LogP contribution in [0.1, 0.15) is 17.6 Å². The van der Waals surface area contributed by atoms with Crippen LogP contribution in [0, 0.1) is 0 Å². The Morgan fingerprint density at radius 3 is 2.85 bits per heavy atom. The molecule has 1 aliphatic heterocycles. The van der Waals surface area contributed by atoms with E-state index >= 15 is 0 Å². The third-order valence-corrected chi connectivity index (χ3v) is 3.49. The zero-order valence-electron chi connectivity index (χ0n) is 7.59. The lowest BCUT2D eigenvalue weighted by molar-refractivity contribution is 0.655. The molecular formula is C10H14N2Si. The summed E-state index contributed by atoms with van der Waals surface area (Å²) in [5.74, 6) is 0. The quantitative estimate of drug-likeness (QED) is 0.643. The van der Waals surface area contributed by atoms with E-state index < -0.39 is 0 Å². The highest BCUT2D eigenvalue weighted by Gasteiger charge is 2.13. The Labute approximate surface area is 81.6 Å². The van der Waals surface area contributed by atoms with Gasteiger partial charge in [-0.3, -0.25) is 0 Å². The van der Waals surface area contributed by atoms with E-state index in [1.165, 1.54) is 12.0 Å². The topological polar surface area (TPSA) is 24.1 Å². The summed E-state index contributed by atoms with van der Waals surface area (Å²) in [7, 11) is 0.802. The van der Waals surface area contributed by atoms with Crippen LogP contribution in [0.5, 0.6) is 0 Å². The van der Waals surface area contributed by atoms with Crippen LogP contribution in [0.3, 0.4) is 0 Å². The molecule has 0 aromatic heterocycles. The molecule has 0 unspecified atom stereocenters. The molecule has 0 spiro atoms. The smallest absolute Gasteiger partial charge is 0.164 e. The minimum atomic E-state index is 0.517. The Balaban J connectivity index is 2.06. The maximum atomic E-state index is 3.55. The molecule has 0 saturated carbocycles. The number of hydrogen-bond donors (Lipinski definition) is 2. The Morgan fingerprint density at radius 2 is 2.00 bits per heavy atom. The maximum Gasteiger partial charge on any atom is 0.164 e. The highest BCUT2D eigenvalue weighted by Crippen LogP contribution is 2.10. The van der Waals surface area contributed by atoms with Crippen LogP contribution in [-0.2, 0) is 0 Å². The zero-order valence-corrected chi connectivity index (χ0v) is 8.59. The zero-order chi connectivity index (χ0) is 8.93. The van der Waals surface area contributed by atoms with Gasteiger partial charge in [0.25, 0.3) is 0 Å². The Morgan fingerprint density at radius 1 is 1.15 bits per heavy atom. The predicted octanol–water partition coefficient (Wildman–Crippen LogP) is 0.887. The molecule has 1 aromatic rings. The van der Waals surface area contributed by atoms with Gasteiger partial charge in [-0.2, -0.15) is 0 Å². The van der Waals surface area contributed by atoms with Crippen molar-refractivity contribution in [2.45, 2.75) is 12.1 Å². The molecule has 1 aliphatic rings. The van der Waals surface area contributed by atoms with Crippen molar-refractivity contribution in [2.75, 3.05) is 13.1 Å². The molecular weight excluding hydrogens is 176 g/mol. The number of hydrogen-bond acceptors (Lipinski definition) is 2. The van der Waals surface area contributed by atoms with E-state index in [0.717, 1.165) is 22.8 Å². The average Bonchev–Trinajstić information content (AvgIpc) is 2.47. The Bertz CT molecular complexity index is 242. The first-order valence-electron chi connectivity index (χ1n) is 4.73. The van der Waals surface area contributed by atoms with Crippen molar-refractivity contribution in [3.05, 3.63) is 35.9 Å². The van der Waals surface area contributed by atoms with Gasteiger partial charge >= 0.3 is 0 Å². The largest absolute Gasteiger partial charge is 0.338 e. The SMILES string of the molecule is c1ccc([C@H]2NCCCN[Si]2)cc1. The van der Waals surface area contributed by atoms with Crippen molar-refractivity contribution in [3.8, 4) is 0 Å². The lowest BCUT2D eigenvalue weighted by Gasteiger charge is -2.14. The van der Waals surface area contributed by atoms with Gasteiger partial charge in [0.15, 0.2) is 9.68 Å². The van der Waals surface area contributed by atoms with Crippen molar-refractivity contribution < 1.29 is 0 Å². The van der Waals surface area contributed by atoms with E-state index in [4.69, 9.17) is 0 Å². The van der Waals surface area contributed by atoms with E-state index in [2.05, 4.69) is 40.6 Å². The highest BCUT2D eigenvalue weighted by atomic mass is 28.2. The Hall–Kier alpha value is -0.643. The maximum absolute atomic E-state index is 3.55. The van der Waals surface area contributed by atoms with E-state index in [1.54, 1.807) is 0 Å². The third kappa shape index (κ3) is 2.40. The summed E-state index contributed by atoms with van der Waals surface area (Å²) < 4.78 is 0. The molecule has 68 valence electrons. The van der Waals surface area contributed by atoms with Crippen LogP contribution < -0.4 is 10.3 Å². The first kappa shape index (κ1) is 8.93. The van der Waals surface area contributed by atoms with E-state index in [0.29, 0.717) is 5.67 Å². The lowest BCUT2D eigenvalue weighted by atomic mass is 10.2. The first-order valence-corrected chi connectivity index (χ1v) is 5.81. The molecule has 1 fully saturated rings. The van der Waals surface area contributed by atoms with Gasteiger partial charge in [-0.15, -0.1) is 0 Å². The molecule has 2 radical (unpaired) electrons. The molecule has 3 heteroatoms. The minimum Gasteiger partial charge on any atom is -0.338 e. The normalized spacial score (nSPS) is 23.8. The molecule has 0 bridgehead atoms. The van der Waals surface area contributed by atoms with E-state index in [1.807, 2.05) is 0 Å². The number of nitrogens with one attached hydrogen (secondary N) is 2. The van der Waals surface area contributed by atoms with Crippen molar-refractivity contribution >= 4 is 9.68 Å². The van der Waals surface area contributed by atoms with Crippen LogP contribution in [0.15, 0.2) is 30.3 Å². The first-order chi connectivity index (χ1) is 6.47. The monoisotopic (exact) mass is 190 g/mol. The average molecular weight is 190 g/mol. The van der Waals surface area contributed by atoms with Gasteiger partial charge in [-0.25, -0.2) is 0 Å². The molecule has 1 heterocycles. The fourth-order valence-corrected chi connectivity index (χ4v) is 2.63. The van der Waals surface area contributed by atoms with Crippen LogP contribution >= 0.6 is 0 Å². The molecule has 0 aliphatic carbocycles. The van der Waals surface area contributed by atoms with Gasteiger partial charge in [0.05, 0.1) is 0 Å². The van der Waals surface area contributed by atoms with Gasteiger partial charge in [0.2, 0.25) is 0 Å². The second kappa shape index (κ2) is 4.55. The summed E-state index contributed by atoms with van der Waals surface area (Å²) in [6, 6.07) is 10.7. The summed E-state index contributed by atoms with van der Waals surface area (Å²) >= 11 is 0. The molecule has 2 rings (SSSR count). The molecule has 1 atom stereocenters. The van der Waals surface area contributed by atoms with Crippen molar-refractivity contribution in [1.82, 2.24) is 10.3 Å². The summed E-state index contributed by atoms with van der Waals surface area (Å²) in [5.41, 5.74) is 1.92. The van der Waals surface area contributed by atoms with E-state index in [9.17, 15) is 0 Å². The summed E-state index contributed by atoms with van der Waals surface area (Å²) in [6.07, 6.45) is 1.23. The Kier molecular flexibility index (Phi) is 3.13. The summed E-state index contributed by atoms with van der Waals surface area (Å²) in [4.78, 5) is 3.46. The molecule has 2 nitrogen and oxygen atoms in total. The molecule has 2 N–H and O–H groups in total. The van der Waals surface area contributed by atoms with E-state index in [-0.39, 0.29) is 0 Å². The van der Waals surface area contributed by atoms with Crippen LogP contribution in [0.2, 0.25) is 0 Å². The molecule has 13 heavy (non-hydrogen) atoms. The summed E-state index contributed by atoms with van der Waals surface area (Å²) in [5, 5.41) is 3.55.